The molecule has 0 spiro atoms. The first-order valence-electron chi connectivity index (χ1n) is 12.2. The summed E-state index contributed by atoms with van der Waals surface area (Å²) in [6, 6.07) is 0. The molecule has 0 aromatic heterocycles. The number of nitrogens with zero attached hydrogens (tertiary/aromatic N) is 1. The van der Waals surface area contributed by atoms with E-state index in [1.54, 1.807) is 0 Å². The smallest absolute Gasteiger partial charge is 0.311 e. The zero-order valence-electron chi connectivity index (χ0n) is 21.5. The van der Waals surface area contributed by atoms with Crippen molar-refractivity contribution in [1.29, 1.82) is 0 Å². The van der Waals surface area contributed by atoms with Gasteiger partial charge < -0.3 is 14.4 Å². The summed E-state index contributed by atoms with van der Waals surface area (Å²) in [5, 5.41) is 0. The standard InChI is InChI=1S/C13H26O2.C12H25NO2/c1-5-8-9-12(7-3)10-15-13(14)11(4)6-2;1-6-12(4,5)11(14)15-10-9-13(7-2)8-3/h11-12H,5-10H2,1-4H3;6-10H2,1-5H3. The fourth-order valence-corrected chi connectivity index (χ4v) is 2.55. The van der Waals surface area contributed by atoms with Crippen LogP contribution in [0.2, 0.25) is 0 Å². The first-order chi connectivity index (χ1) is 14.1. The molecule has 2 unspecified atom stereocenters. The predicted molar refractivity (Wildman–Crippen MR) is 127 cm³/mol. The molecule has 0 aliphatic heterocycles. The topological polar surface area (TPSA) is 55.8 Å². The molecule has 0 saturated heterocycles. The van der Waals surface area contributed by atoms with E-state index >= 15 is 0 Å². The van der Waals surface area contributed by atoms with Gasteiger partial charge in [-0.1, -0.05) is 67.7 Å². The summed E-state index contributed by atoms with van der Waals surface area (Å²) < 4.78 is 10.6. The number of hydrogen-bond acceptors (Lipinski definition) is 5. The molecular formula is C25H51NO4. The van der Waals surface area contributed by atoms with Crippen LogP contribution in [0.5, 0.6) is 0 Å². The van der Waals surface area contributed by atoms with Crippen molar-refractivity contribution in [3.8, 4) is 0 Å². The van der Waals surface area contributed by atoms with Gasteiger partial charge >= 0.3 is 11.9 Å². The maximum absolute atomic E-state index is 11.6. The minimum atomic E-state index is -0.344. The third-order valence-electron chi connectivity index (χ3n) is 5.99. The van der Waals surface area contributed by atoms with Gasteiger partial charge in [-0.2, -0.15) is 0 Å². The van der Waals surface area contributed by atoms with Crippen LogP contribution in [0.25, 0.3) is 0 Å². The minimum absolute atomic E-state index is 0.0348. The van der Waals surface area contributed by atoms with Crippen LogP contribution in [0.1, 0.15) is 101 Å². The summed E-state index contributed by atoms with van der Waals surface area (Å²) in [6.07, 6.45) is 6.42. The SMILES string of the molecule is CCCCC(CC)COC(=O)C(C)CC.CCN(CC)CCOC(=O)C(C)(C)CC. The van der Waals surface area contributed by atoms with Gasteiger partial charge in [-0.15, -0.1) is 0 Å². The summed E-state index contributed by atoms with van der Waals surface area (Å²) in [7, 11) is 0. The molecule has 0 rings (SSSR count). The number of carbonyl (C=O) groups is 2. The first-order valence-corrected chi connectivity index (χ1v) is 12.2. The highest BCUT2D eigenvalue weighted by Crippen LogP contribution is 2.21. The average molecular weight is 430 g/mol. The maximum atomic E-state index is 11.6. The Kier molecular flexibility index (Phi) is 19.3. The molecule has 0 aliphatic carbocycles. The molecule has 2 atom stereocenters. The lowest BCUT2D eigenvalue weighted by molar-refractivity contribution is -0.154. The third-order valence-corrected chi connectivity index (χ3v) is 5.99. The molecule has 0 aliphatic rings. The van der Waals surface area contributed by atoms with E-state index in [1.165, 1.54) is 19.3 Å². The monoisotopic (exact) mass is 429 g/mol. The van der Waals surface area contributed by atoms with Gasteiger partial charge in [-0.3, -0.25) is 9.59 Å². The van der Waals surface area contributed by atoms with Crippen molar-refractivity contribution in [1.82, 2.24) is 4.90 Å². The third kappa shape index (κ3) is 14.8. The van der Waals surface area contributed by atoms with Crippen molar-refractivity contribution in [2.75, 3.05) is 32.8 Å². The largest absolute Gasteiger partial charge is 0.465 e. The van der Waals surface area contributed by atoms with E-state index in [0.29, 0.717) is 19.1 Å². The zero-order valence-corrected chi connectivity index (χ0v) is 21.5. The number of hydrogen-bond donors (Lipinski definition) is 0. The Morgan fingerprint density at radius 1 is 0.933 bits per heavy atom. The Hall–Kier alpha value is -1.10. The van der Waals surface area contributed by atoms with E-state index in [4.69, 9.17) is 9.47 Å². The van der Waals surface area contributed by atoms with Gasteiger partial charge in [0.25, 0.3) is 0 Å². The molecule has 0 radical (unpaired) electrons. The molecule has 0 amide bonds. The normalized spacial score (nSPS) is 13.3. The van der Waals surface area contributed by atoms with E-state index < -0.39 is 0 Å². The van der Waals surface area contributed by atoms with Crippen LogP contribution in [0.3, 0.4) is 0 Å². The van der Waals surface area contributed by atoms with E-state index in [0.717, 1.165) is 38.9 Å². The number of unbranched alkanes of at least 4 members (excludes halogenated alkanes) is 1. The van der Waals surface area contributed by atoms with Gasteiger partial charge in [0.05, 0.1) is 17.9 Å². The lowest BCUT2D eigenvalue weighted by atomic mass is 9.91. The average Bonchev–Trinajstić information content (AvgIpc) is 2.76. The van der Waals surface area contributed by atoms with E-state index in [1.807, 2.05) is 34.6 Å². The van der Waals surface area contributed by atoms with Crippen molar-refractivity contribution < 1.29 is 19.1 Å². The Balaban J connectivity index is 0. The van der Waals surface area contributed by atoms with Gasteiger partial charge in [0.15, 0.2) is 0 Å². The van der Waals surface area contributed by atoms with Crippen LogP contribution in [-0.4, -0.2) is 49.7 Å². The zero-order chi connectivity index (χ0) is 23.6. The molecule has 5 nitrogen and oxygen atoms in total. The summed E-state index contributed by atoms with van der Waals surface area (Å²) in [5.41, 5.74) is -0.344. The molecule has 0 saturated carbocycles. The van der Waals surface area contributed by atoms with Crippen molar-refractivity contribution in [2.45, 2.75) is 101 Å². The molecule has 0 aromatic rings. The highest BCUT2D eigenvalue weighted by molar-refractivity contribution is 5.75. The minimum Gasteiger partial charge on any atom is -0.465 e. The van der Waals surface area contributed by atoms with Crippen molar-refractivity contribution in [3.05, 3.63) is 0 Å². The van der Waals surface area contributed by atoms with E-state index in [2.05, 4.69) is 32.6 Å². The second-order valence-corrected chi connectivity index (χ2v) is 8.76. The Morgan fingerprint density at radius 2 is 1.53 bits per heavy atom. The number of carbonyl (C=O) groups excluding carboxylic acids is 2. The van der Waals surface area contributed by atoms with Crippen LogP contribution in [0.4, 0.5) is 0 Å². The van der Waals surface area contributed by atoms with Crippen molar-refractivity contribution >= 4 is 11.9 Å². The summed E-state index contributed by atoms with van der Waals surface area (Å²) >= 11 is 0. The summed E-state index contributed by atoms with van der Waals surface area (Å²) in [4.78, 5) is 25.3. The second-order valence-electron chi connectivity index (χ2n) is 8.76. The molecule has 0 N–H and O–H groups in total. The van der Waals surface area contributed by atoms with Crippen LogP contribution in [0, 0.1) is 17.3 Å². The molecule has 0 aromatic carbocycles. The Labute approximate surface area is 187 Å². The van der Waals surface area contributed by atoms with Gasteiger partial charge in [0.2, 0.25) is 0 Å². The van der Waals surface area contributed by atoms with Crippen LogP contribution < -0.4 is 0 Å². The fraction of sp³-hybridized carbons (Fsp3) is 0.920. The lowest BCUT2D eigenvalue weighted by Gasteiger charge is -2.22. The van der Waals surface area contributed by atoms with Gasteiger partial charge in [-0.25, -0.2) is 0 Å². The van der Waals surface area contributed by atoms with Crippen LogP contribution in [0.15, 0.2) is 0 Å². The summed E-state index contributed by atoms with van der Waals surface area (Å²) in [5.74, 6) is 0.483. The Bertz CT molecular complexity index is 433. The van der Waals surface area contributed by atoms with Gasteiger partial charge in [0, 0.05) is 6.54 Å². The van der Waals surface area contributed by atoms with Crippen LogP contribution in [-0.2, 0) is 19.1 Å². The van der Waals surface area contributed by atoms with Crippen molar-refractivity contribution in [2.24, 2.45) is 17.3 Å². The Morgan fingerprint density at radius 3 is 1.97 bits per heavy atom. The number of likely N-dealkylation sites (N-methyl/N-ethyl adjacent to an activating group) is 1. The predicted octanol–water partition coefficient (Wildman–Crippen LogP) is 6.10. The van der Waals surface area contributed by atoms with Crippen molar-refractivity contribution in [3.63, 3.8) is 0 Å². The summed E-state index contributed by atoms with van der Waals surface area (Å²) in [6.45, 7) is 22.3. The molecule has 180 valence electrons. The molecular weight excluding hydrogens is 378 g/mol. The molecule has 0 heterocycles. The van der Waals surface area contributed by atoms with E-state index in [-0.39, 0.29) is 23.3 Å². The second kappa shape index (κ2) is 18.7. The molecule has 30 heavy (non-hydrogen) atoms. The first kappa shape index (κ1) is 31.1. The quantitative estimate of drug-likeness (QED) is 0.294. The number of rotatable bonds is 15. The maximum Gasteiger partial charge on any atom is 0.311 e. The van der Waals surface area contributed by atoms with Gasteiger partial charge in [0.1, 0.15) is 6.61 Å². The molecule has 0 fully saturated rings. The number of ether oxygens (including phenoxy) is 2. The molecule has 5 heteroatoms. The number of esters is 2. The lowest BCUT2D eigenvalue weighted by Crippen LogP contribution is -2.31. The van der Waals surface area contributed by atoms with E-state index in [9.17, 15) is 9.59 Å². The highest BCUT2D eigenvalue weighted by Gasteiger charge is 2.26. The van der Waals surface area contributed by atoms with Gasteiger partial charge in [-0.05, 0) is 52.1 Å². The fourth-order valence-electron chi connectivity index (χ4n) is 2.55. The highest BCUT2D eigenvalue weighted by atomic mass is 16.5. The van der Waals surface area contributed by atoms with Crippen LogP contribution >= 0.6 is 0 Å². The molecule has 0 bridgehead atoms.